The Morgan fingerprint density at radius 1 is 1.78 bits per heavy atom. The maximum absolute atomic E-state index is 9.00. The summed E-state index contributed by atoms with van der Waals surface area (Å²) >= 11 is 3.23. The van der Waals surface area contributed by atoms with Crippen LogP contribution in [-0.2, 0) is 0 Å². The fourth-order valence-corrected chi connectivity index (χ4v) is 1.00. The van der Waals surface area contributed by atoms with Crippen LogP contribution in [0.4, 0.5) is 0 Å². The molecule has 50 valence electrons. The highest BCUT2D eigenvalue weighted by Gasteiger charge is 2.00. The molecule has 0 aliphatic carbocycles. The van der Waals surface area contributed by atoms with Gasteiger partial charge in [0, 0.05) is 6.20 Å². The van der Waals surface area contributed by atoms with Gasteiger partial charge in [-0.25, -0.2) is 0 Å². The molecule has 0 radical (unpaired) electrons. The van der Waals surface area contributed by atoms with Crippen molar-refractivity contribution in [2.45, 2.75) is 13.0 Å². The quantitative estimate of drug-likeness (QED) is 0.696. The van der Waals surface area contributed by atoms with Gasteiger partial charge in [-0.05, 0) is 34.5 Å². The van der Waals surface area contributed by atoms with Gasteiger partial charge in [0.2, 0.25) is 0 Å². The van der Waals surface area contributed by atoms with Gasteiger partial charge in [0.15, 0.2) is 0 Å². The van der Waals surface area contributed by atoms with Crippen molar-refractivity contribution >= 4 is 15.9 Å². The third-order valence-corrected chi connectivity index (χ3v) is 1.61. The lowest BCUT2D eigenvalue weighted by atomic mass is 10.2. The summed E-state index contributed by atoms with van der Waals surface area (Å²) in [6.45, 7) is 1.73. The molecule has 1 heterocycles. The monoisotopic (exact) mass is 189 g/mol. The third kappa shape index (κ3) is 1.56. The average Bonchev–Trinajstić information content (AvgIpc) is 2.14. The van der Waals surface area contributed by atoms with Crippen LogP contribution in [0.3, 0.4) is 0 Å². The number of halogens is 1. The van der Waals surface area contributed by atoms with E-state index in [1.54, 1.807) is 13.1 Å². The minimum absolute atomic E-state index is 0.382. The molecule has 2 nitrogen and oxygen atoms in total. The zero-order chi connectivity index (χ0) is 6.85. The fourth-order valence-electron chi connectivity index (χ4n) is 0.623. The van der Waals surface area contributed by atoms with Crippen molar-refractivity contribution in [1.82, 2.24) is 4.98 Å². The highest BCUT2D eigenvalue weighted by Crippen LogP contribution is 2.15. The Balaban J connectivity index is 2.85. The predicted molar refractivity (Wildman–Crippen MR) is 39.1 cm³/mol. The molecular weight excluding hydrogens is 182 g/mol. The lowest BCUT2D eigenvalue weighted by Crippen LogP contribution is -1.85. The number of hydrogen-bond donors (Lipinski definition) is 2. The zero-order valence-corrected chi connectivity index (χ0v) is 6.64. The molecule has 1 atom stereocenters. The molecule has 9 heavy (non-hydrogen) atoms. The molecule has 0 spiro atoms. The summed E-state index contributed by atoms with van der Waals surface area (Å²) in [4.78, 5) is 2.91. The number of aromatic nitrogens is 1. The Morgan fingerprint density at radius 2 is 2.44 bits per heavy atom. The summed E-state index contributed by atoms with van der Waals surface area (Å²) in [7, 11) is 0. The van der Waals surface area contributed by atoms with Gasteiger partial charge in [0.1, 0.15) is 0 Å². The Kier molecular flexibility index (Phi) is 1.93. The van der Waals surface area contributed by atoms with Crippen molar-refractivity contribution in [3.63, 3.8) is 0 Å². The maximum Gasteiger partial charge on any atom is 0.0823 e. The van der Waals surface area contributed by atoms with Crippen LogP contribution in [0.2, 0.25) is 0 Å². The van der Waals surface area contributed by atoms with Crippen molar-refractivity contribution in [3.8, 4) is 0 Å². The fraction of sp³-hybridized carbons (Fsp3) is 0.333. The van der Waals surface area contributed by atoms with E-state index < -0.39 is 0 Å². The minimum atomic E-state index is -0.382. The van der Waals surface area contributed by atoms with Gasteiger partial charge < -0.3 is 10.1 Å². The Labute approximate surface area is 62.0 Å². The standard InChI is InChI=1S/C6H8BrNO/c1-4(9)5-2-6(7)8-3-5/h2-4,8-9H,1H3. The van der Waals surface area contributed by atoms with Crippen LogP contribution in [0.15, 0.2) is 16.9 Å². The Bertz CT molecular complexity index is 195. The second kappa shape index (κ2) is 2.54. The number of rotatable bonds is 1. The first-order valence-corrected chi connectivity index (χ1v) is 3.51. The van der Waals surface area contributed by atoms with Crippen molar-refractivity contribution in [2.75, 3.05) is 0 Å². The van der Waals surface area contributed by atoms with E-state index in [1.807, 2.05) is 6.07 Å². The average molecular weight is 190 g/mol. The summed E-state index contributed by atoms with van der Waals surface area (Å²) in [6, 6.07) is 1.85. The molecule has 1 unspecified atom stereocenters. The van der Waals surface area contributed by atoms with Gasteiger partial charge >= 0.3 is 0 Å². The van der Waals surface area contributed by atoms with Crippen LogP contribution in [-0.4, -0.2) is 10.1 Å². The van der Waals surface area contributed by atoms with Gasteiger partial charge in [-0.1, -0.05) is 0 Å². The van der Waals surface area contributed by atoms with Gasteiger partial charge in [0.05, 0.1) is 10.7 Å². The number of nitrogens with one attached hydrogen (secondary N) is 1. The SMILES string of the molecule is CC(O)c1c[nH]c(Br)c1. The molecule has 0 bridgehead atoms. The maximum atomic E-state index is 9.00. The molecule has 0 fully saturated rings. The first-order chi connectivity index (χ1) is 4.20. The lowest BCUT2D eigenvalue weighted by Gasteiger charge is -1.95. The van der Waals surface area contributed by atoms with E-state index >= 15 is 0 Å². The van der Waals surface area contributed by atoms with Crippen molar-refractivity contribution in [3.05, 3.63) is 22.4 Å². The number of H-pyrrole nitrogens is 1. The molecule has 0 saturated carbocycles. The second-order valence-electron chi connectivity index (χ2n) is 1.96. The van der Waals surface area contributed by atoms with E-state index in [1.165, 1.54) is 0 Å². The number of hydrogen-bond acceptors (Lipinski definition) is 1. The zero-order valence-electron chi connectivity index (χ0n) is 5.06. The minimum Gasteiger partial charge on any atom is -0.389 e. The molecule has 0 aliphatic heterocycles. The smallest absolute Gasteiger partial charge is 0.0823 e. The molecule has 0 aliphatic rings. The van der Waals surface area contributed by atoms with Gasteiger partial charge in [-0.15, -0.1) is 0 Å². The van der Waals surface area contributed by atoms with Gasteiger partial charge in [-0.2, -0.15) is 0 Å². The first kappa shape index (κ1) is 6.83. The normalized spacial score (nSPS) is 13.7. The van der Waals surface area contributed by atoms with Gasteiger partial charge in [0.25, 0.3) is 0 Å². The molecule has 1 aromatic heterocycles. The van der Waals surface area contributed by atoms with Crippen LogP contribution in [0.1, 0.15) is 18.6 Å². The number of aromatic amines is 1. The molecule has 0 saturated heterocycles. The molecule has 0 aromatic carbocycles. The molecule has 0 amide bonds. The van der Waals surface area contributed by atoms with Crippen LogP contribution < -0.4 is 0 Å². The van der Waals surface area contributed by atoms with Crippen molar-refractivity contribution in [1.29, 1.82) is 0 Å². The lowest BCUT2D eigenvalue weighted by molar-refractivity contribution is 0.199. The van der Waals surface area contributed by atoms with Crippen LogP contribution in [0.5, 0.6) is 0 Å². The number of aliphatic hydroxyl groups is 1. The molecule has 1 rings (SSSR count). The Morgan fingerprint density at radius 3 is 2.67 bits per heavy atom. The van der Waals surface area contributed by atoms with E-state index in [9.17, 15) is 0 Å². The molecular formula is C6H8BrNO. The first-order valence-electron chi connectivity index (χ1n) is 2.72. The molecule has 2 N–H and O–H groups in total. The van der Waals surface area contributed by atoms with E-state index in [-0.39, 0.29) is 6.10 Å². The Hall–Kier alpha value is -0.280. The van der Waals surface area contributed by atoms with Crippen LogP contribution >= 0.6 is 15.9 Å². The van der Waals surface area contributed by atoms with Crippen LogP contribution in [0, 0.1) is 0 Å². The summed E-state index contributed by atoms with van der Waals surface area (Å²) in [6.07, 6.45) is 1.39. The highest BCUT2D eigenvalue weighted by molar-refractivity contribution is 9.10. The van der Waals surface area contributed by atoms with Crippen LogP contribution in [0.25, 0.3) is 0 Å². The van der Waals surface area contributed by atoms with Gasteiger partial charge in [-0.3, -0.25) is 0 Å². The highest BCUT2D eigenvalue weighted by atomic mass is 79.9. The van der Waals surface area contributed by atoms with E-state index in [0.29, 0.717) is 0 Å². The number of aliphatic hydroxyl groups excluding tert-OH is 1. The second-order valence-corrected chi connectivity index (χ2v) is 2.81. The molecule has 1 aromatic rings. The van der Waals surface area contributed by atoms with Crippen molar-refractivity contribution < 1.29 is 5.11 Å². The van der Waals surface area contributed by atoms with E-state index in [0.717, 1.165) is 10.2 Å². The largest absolute Gasteiger partial charge is 0.389 e. The molecule has 3 heteroatoms. The summed E-state index contributed by atoms with van der Waals surface area (Å²) in [5, 5.41) is 9.00. The third-order valence-electron chi connectivity index (χ3n) is 1.15. The van der Waals surface area contributed by atoms with E-state index in [2.05, 4.69) is 20.9 Å². The van der Waals surface area contributed by atoms with E-state index in [4.69, 9.17) is 5.11 Å². The van der Waals surface area contributed by atoms with Crippen molar-refractivity contribution in [2.24, 2.45) is 0 Å². The topological polar surface area (TPSA) is 36.0 Å². The summed E-state index contributed by atoms with van der Waals surface area (Å²) in [5.74, 6) is 0. The predicted octanol–water partition coefficient (Wildman–Crippen LogP) is 1.83. The summed E-state index contributed by atoms with van der Waals surface area (Å²) in [5.41, 5.74) is 0.905. The summed E-state index contributed by atoms with van der Waals surface area (Å²) < 4.78 is 0.901.